The van der Waals surface area contributed by atoms with Crippen molar-refractivity contribution in [2.75, 3.05) is 37.8 Å². The average Bonchev–Trinajstić information content (AvgIpc) is 2.68. The summed E-state index contributed by atoms with van der Waals surface area (Å²) in [7, 11) is 3.94. The van der Waals surface area contributed by atoms with Gasteiger partial charge in [-0.15, -0.1) is 0 Å². The number of hydrogen-bond acceptors (Lipinski definition) is 8. The van der Waals surface area contributed by atoms with Gasteiger partial charge in [0, 0.05) is 48.2 Å². The van der Waals surface area contributed by atoms with E-state index in [1.165, 1.54) is 18.2 Å². The smallest absolute Gasteiger partial charge is 0.292 e. The van der Waals surface area contributed by atoms with E-state index in [9.17, 15) is 10.1 Å². The highest BCUT2D eigenvalue weighted by Gasteiger charge is 2.16. The maximum Gasteiger partial charge on any atom is 0.292 e. The van der Waals surface area contributed by atoms with Gasteiger partial charge < -0.3 is 15.5 Å². The topological polar surface area (TPSA) is 109 Å². The van der Waals surface area contributed by atoms with Crippen molar-refractivity contribution in [1.82, 2.24) is 19.9 Å². The maximum atomic E-state index is 11.3. The summed E-state index contributed by atoms with van der Waals surface area (Å²) < 4.78 is 0. The molecule has 0 spiro atoms. The second kappa shape index (κ2) is 9.26. The normalized spacial score (nSPS) is 10.8. The second-order valence-corrected chi connectivity index (χ2v) is 6.91. The Morgan fingerprint density at radius 2 is 2.03 bits per heavy atom. The Hall–Kier alpha value is -3.30. The molecule has 2 N–H and O–H groups in total. The Bertz CT molecular complexity index is 999. The molecule has 1 aromatic carbocycles. The Balaban J connectivity index is 1.97. The van der Waals surface area contributed by atoms with Crippen molar-refractivity contribution in [1.29, 1.82) is 0 Å². The molecule has 10 heteroatoms. The molecule has 0 amide bonds. The van der Waals surface area contributed by atoms with E-state index in [-0.39, 0.29) is 11.4 Å². The summed E-state index contributed by atoms with van der Waals surface area (Å²) in [5.41, 5.74) is 1.58. The van der Waals surface area contributed by atoms with E-state index in [0.29, 0.717) is 29.0 Å². The lowest BCUT2D eigenvalue weighted by molar-refractivity contribution is -0.383. The standard InChI is InChI=1S/C19H20ClN7O2/c1-26(2)9-8-22-19-24-15(13-4-3-7-21-12-13)11-18(25-19)23-16-10-14(20)5-6-17(16)27(28)29/h3-7,10-12H,8-9H2,1-2H3,(H2,22,23,24,25). The zero-order valence-electron chi connectivity index (χ0n) is 16.0. The minimum atomic E-state index is -0.474. The van der Waals surface area contributed by atoms with E-state index in [2.05, 4.69) is 25.6 Å². The van der Waals surface area contributed by atoms with Crippen LogP contribution < -0.4 is 10.6 Å². The molecular formula is C19H20ClN7O2. The van der Waals surface area contributed by atoms with Crippen molar-refractivity contribution in [2.24, 2.45) is 0 Å². The fraction of sp³-hybridized carbons (Fsp3) is 0.211. The number of aromatic nitrogens is 3. The number of halogens is 1. The molecule has 9 nitrogen and oxygen atoms in total. The summed E-state index contributed by atoms with van der Waals surface area (Å²) in [4.78, 5) is 26.0. The molecule has 3 aromatic rings. The monoisotopic (exact) mass is 413 g/mol. The van der Waals surface area contributed by atoms with Crippen LogP contribution in [0.1, 0.15) is 0 Å². The third kappa shape index (κ3) is 5.59. The van der Waals surface area contributed by atoms with Gasteiger partial charge in [0.15, 0.2) is 0 Å². The van der Waals surface area contributed by atoms with Crippen molar-refractivity contribution in [3.05, 3.63) is 63.9 Å². The molecule has 0 aliphatic heterocycles. The summed E-state index contributed by atoms with van der Waals surface area (Å²) in [5.74, 6) is 0.803. The first-order chi connectivity index (χ1) is 13.9. The van der Waals surface area contributed by atoms with E-state index in [4.69, 9.17) is 11.6 Å². The number of nitro benzene ring substituents is 1. The van der Waals surface area contributed by atoms with Crippen LogP contribution in [0.15, 0.2) is 48.8 Å². The third-order valence-corrected chi connectivity index (χ3v) is 4.18. The highest BCUT2D eigenvalue weighted by Crippen LogP contribution is 2.31. The summed E-state index contributed by atoms with van der Waals surface area (Å²) in [6.45, 7) is 1.43. The van der Waals surface area contributed by atoms with E-state index in [0.717, 1.165) is 12.1 Å². The van der Waals surface area contributed by atoms with Crippen molar-refractivity contribution in [3.63, 3.8) is 0 Å². The van der Waals surface area contributed by atoms with Crippen LogP contribution >= 0.6 is 11.6 Å². The van der Waals surface area contributed by atoms with Crippen molar-refractivity contribution >= 4 is 34.7 Å². The lowest BCUT2D eigenvalue weighted by Gasteiger charge is -2.13. The number of anilines is 3. The highest BCUT2D eigenvalue weighted by molar-refractivity contribution is 6.31. The Kier molecular flexibility index (Phi) is 6.53. The van der Waals surface area contributed by atoms with Crippen LogP contribution in [0.25, 0.3) is 11.3 Å². The zero-order valence-corrected chi connectivity index (χ0v) is 16.7. The lowest BCUT2D eigenvalue weighted by Crippen LogP contribution is -2.21. The van der Waals surface area contributed by atoms with Crippen LogP contribution in [0.3, 0.4) is 0 Å². The van der Waals surface area contributed by atoms with Crippen molar-refractivity contribution < 1.29 is 4.92 Å². The largest absolute Gasteiger partial charge is 0.353 e. The summed E-state index contributed by atoms with van der Waals surface area (Å²) in [6, 6.07) is 9.71. The number of pyridine rings is 1. The van der Waals surface area contributed by atoms with Gasteiger partial charge >= 0.3 is 0 Å². The second-order valence-electron chi connectivity index (χ2n) is 6.48. The average molecular weight is 414 g/mol. The van der Waals surface area contributed by atoms with Gasteiger partial charge in [-0.25, -0.2) is 4.98 Å². The van der Waals surface area contributed by atoms with E-state index in [1.807, 2.05) is 31.1 Å². The lowest BCUT2D eigenvalue weighted by atomic mass is 10.2. The number of rotatable bonds is 8. The molecule has 150 valence electrons. The van der Waals surface area contributed by atoms with Gasteiger partial charge in [0.25, 0.3) is 5.69 Å². The molecule has 2 heterocycles. The molecule has 0 saturated carbocycles. The van der Waals surface area contributed by atoms with Gasteiger partial charge in [0.2, 0.25) is 5.95 Å². The van der Waals surface area contributed by atoms with Crippen LogP contribution in [0.4, 0.5) is 23.1 Å². The summed E-state index contributed by atoms with van der Waals surface area (Å²) in [5, 5.41) is 17.9. The van der Waals surface area contributed by atoms with Gasteiger partial charge in [0.1, 0.15) is 11.5 Å². The Morgan fingerprint density at radius 1 is 1.21 bits per heavy atom. The molecule has 3 rings (SSSR count). The quantitative estimate of drug-likeness (QED) is 0.423. The molecule has 0 radical (unpaired) electrons. The Labute approximate surface area is 172 Å². The number of nitrogens with one attached hydrogen (secondary N) is 2. The molecule has 0 aliphatic carbocycles. The van der Waals surface area contributed by atoms with Gasteiger partial charge in [-0.1, -0.05) is 11.6 Å². The molecular weight excluding hydrogens is 394 g/mol. The maximum absolute atomic E-state index is 11.3. The predicted molar refractivity (Wildman–Crippen MR) is 114 cm³/mol. The third-order valence-electron chi connectivity index (χ3n) is 3.94. The minimum absolute atomic E-state index is 0.0990. The summed E-state index contributed by atoms with van der Waals surface area (Å²) >= 11 is 6.02. The van der Waals surface area contributed by atoms with Crippen LogP contribution in [-0.4, -0.2) is 52.0 Å². The first-order valence-electron chi connectivity index (χ1n) is 8.81. The molecule has 0 saturated heterocycles. The molecule has 0 bridgehead atoms. The van der Waals surface area contributed by atoms with Crippen molar-refractivity contribution in [2.45, 2.75) is 0 Å². The highest BCUT2D eigenvalue weighted by atomic mass is 35.5. The molecule has 0 atom stereocenters. The Morgan fingerprint density at radius 3 is 2.72 bits per heavy atom. The summed E-state index contributed by atoms with van der Waals surface area (Å²) in [6.07, 6.45) is 3.37. The van der Waals surface area contributed by atoms with Crippen LogP contribution in [0, 0.1) is 10.1 Å². The van der Waals surface area contributed by atoms with E-state index >= 15 is 0 Å². The molecule has 0 aliphatic rings. The van der Waals surface area contributed by atoms with Gasteiger partial charge in [-0.2, -0.15) is 4.98 Å². The van der Waals surface area contributed by atoms with E-state index < -0.39 is 4.92 Å². The van der Waals surface area contributed by atoms with Crippen LogP contribution in [0.5, 0.6) is 0 Å². The van der Waals surface area contributed by atoms with E-state index in [1.54, 1.807) is 18.5 Å². The zero-order chi connectivity index (χ0) is 20.8. The van der Waals surface area contributed by atoms with Crippen LogP contribution in [-0.2, 0) is 0 Å². The molecule has 29 heavy (non-hydrogen) atoms. The number of likely N-dealkylation sites (N-methyl/N-ethyl adjacent to an activating group) is 1. The predicted octanol–water partition coefficient (Wildman–Crippen LogP) is 3.82. The van der Waals surface area contributed by atoms with Crippen molar-refractivity contribution in [3.8, 4) is 11.3 Å². The fourth-order valence-corrected chi connectivity index (χ4v) is 2.72. The SMILES string of the molecule is CN(C)CCNc1nc(Nc2cc(Cl)ccc2[N+](=O)[O-])cc(-c2cccnc2)n1. The van der Waals surface area contributed by atoms with Crippen LogP contribution in [0.2, 0.25) is 5.02 Å². The molecule has 0 fully saturated rings. The number of hydrogen-bond donors (Lipinski definition) is 2. The first kappa shape index (κ1) is 20.4. The number of nitrogens with zero attached hydrogens (tertiary/aromatic N) is 5. The number of nitro groups is 1. The minimum Gasteiger partial charge on any atom is -0.353 e. The molecule has 2 aromatic heterocycles. The van der Waals surface area contributed by atoms with Gasteiger partial charge in [-0.3, -0.25) is 15.1 Å². The fourth-order valence-electron chi connectivity index (χ4n) is 2.55. The first-order valence-corrected chi connectivity index (χ1v) is 9.19. The van der Waals surface area contributed by atoms with Gasteiger partial charge in [0.05, 0.1) is 10.6 Å². The molecule has 0 unspecified atom stereocenters. The number of benzene rings is 1. The van der Waals surface area contributed by atoms with Gasteiger partial charge in [-0.05, 0) is 38.4 Å².